The first kappa shape index (κ1) is 15.2. The maximum Gasteiger partial charge on any atom is 0.263 e. The van der Waals surface area contributed by atoms with Crippen LogP contribution in [0.15, 0.2) is 36.5 Å². The Hall–Kier alpha value is -1.72. The smallest absolute Gasteiger partial charge is 0.263 e. The highest BCUT2D eigenvalue weighted by Gasteiger charge is 2.25. The number of thiazole rings is 1. The molecule has 0 saturated heterocycles. The van der Waals surface area contributed by atoms with Gasteiger partial charge in [-0.25, -0.2) is 4.98 Å². The third-order valence-corrected chi connectivity index (χ3v) is 5.02. The van der Waals surface area contributed by atoms with Crippen molar-refractivity contribution in [2.24, 2.45) is 0 Å². The molecule has 2 aromatic rings. The van der Waals surface area contributed by atoms with E-state index < -0.39 is 6.10 Å². The van der Waals surface area contributed by atoms with Gasteiger partial charge in [0.1, 0.15) is 4.88 Å². The SMILES string of the molecule is O=C(NC1CCCCC1O)c1cnc(Cc2ccccc2)s1. The number of nitrogens with one attached hydrogen (secondary N) is 1. The Morgan fingerprint density at radius 1 is 1.27 bits per heavy atom. The highest BCUT2D eigenvalue weighted by molar-refractivity contribution is 7.13. The third-order valence-electron chi connectivity index (χ3n) is 4.02. The maximum atomic E-state index is 12.3. The minimum absolute atomic E-state index is 0.122. The predicted molar refractivity (Wildman–Crippen MR) is 87.1 cm³/mol. The monoisotopic (exact) mass is 316 g/mol. The zero-order chi connectivity index (χ0) is 15.4. The highest BCUT2D eigenvalue weighted by Crippen LogP contribution is 2.21. The lowest BCUT2D eigenvalue weighted by molar-refractivity contribution is 0.0720. The molecule has 1 amide bonds. The van der Waals surface area contributed by atoms with Gasteiger partial charge in [-0.05, 0) is 18.4 Å². The second-order valence-electron chi connectivity index (χ2n) is 5.71. The molecule has 1 saturated carbocycles. The number of carbonyl (C=O) groups excluding carboxylic acids is 1. The van der Waals surface area contributed by atoms with E-state index in [4.69, 9.17) is 0 Å². The van der Waals surface area contributed by atoms with Crippen LogP contribution in [0.5, 0.6) is 0 Å². The number of nitrogens with zero attached hydrogens (tertiary/aromatic N) is 1. The molecule has 2 N–H and O–H groups in total. The normalized spacial score (nSPS) is 21.5. The molecule has 1 heterocycles. The number of rotatable bonds is 4. The van der Waals surface area contributed by atoms with Crippen LogP contribution in [0.1, 0.15) is 45.9 Å². The summed E-state index contributed by atoms with van der Waals surface area (Å²) in [5, 5.41) is 13.8. The molecule has 1 fully saturated rings. The second kappa shape index (κ2) is 7.03. The molecule has 0 aliphatic heterocycles. The molecule has 0 spiro atoms. The van der Waals surface area contributed by atoms with Gasteiger partial charge in [0.05, 0.1) is 23.4 Å². The van der Waals surface area contributed by atoms with Crippen LogP contribution in [0, 0.1) is 0 Å². The van der Waals surface area contributed by atoms with Gasteiger partial charge in [0.25, 0.3) is 5.91 Å². The van der Waals surface area contributed by atoms with E-state index in [2.05, 4.69) is 22.4 Å². The van der Waals surface area contributed by atoms with Crippen molar-refractivity contribution < 1.29 is 9.90 Å². The van der Waals surface area contributed by atoms with E-state index in [1.165, 1.54) is 16.9 Å². The molecule has 1 aliphatic carbocycles. The Kier molecular flexibility index (Phi) is 4.85. The van der Waals surface area contributed by atoms with Crippen LogP contribution in [0.2, 0.25) is 0 Å². The van der Waals surface area contributed by atoms with E-state index in [0.717, 1.165) is 37.1 Å². The summed E-state index contributed by atoms with van der Waals surface area (Å²) in [6.45, 7) is 0. The average molecular weight is 316 g/mol. The lowest BCUT2D eigenvalue weighted by atomic mass is 9.92. The average Bonchev–Trinajstić information content (AvgIpc) is 2.99. The maximum absolute atomic E-state index is 12.3. The molecule has 1 aromatic heterocycles. The summed E-state index contributed by atoms with van der Waals surface area (Å²) >= 11 is 1.42. The molecule has 5 heteroatoms. The highest BCUT2D eigenvalue weighted by atomic mass is 32.1. The van der Waals surface area contributed by atoms with Crippen molar-refractivity contribution >= 4 is 17.2 Å². The van der Waals surface area contributed by atoms with Crippen molar-refractivity contribution in [1.29, 1.82) is 0 Å². The summed E-state index contributed by atoms with van der Waals surface area (Å²) in [4.78, 5) is 17.2. The lowest BCUT2D eigenvalue weighted by Crippen LogP contribution is -2.44. The van der Waals surface area contributed by atoms with Crippen LogP contribution in [0.3, 0.4) is 0 Å². The second-order valence-corrected chi connectivity index (χ2v) is 6.83. The molecule has 2 unspecified atom stereocenters. The number of aromatic nitrogens is 1. The first-order valence-corrected chi connectivity index (χ1v) is 8.51. The fourth-order valence-electron chi connectivity index (χ4n) is 2.79. The molecule has 0 radical (unpaired) electrons. The van der Waals surface area contributed by atoms with Crippen LogP contribution in [-0.4, -0.2) is 28.1 Å². The zero-order valence-corrected chi connectivity index (χ0v) is 13.2. The van der Waals surface area contributed by atoms with Crippen molar-refractivity contribution in [1.82, 2.24) is 10.3 Å². The predicted octanol–water partition coefficient (Wildman–Crippen LogP) is 2.77. The van der Waals surface area contributed by atoms with E-state index in [1.807, 2.05) is 18.2 Å². The minimum Gasteiger partial charge on any atom is -0.391 e. The lowest BCUT2D eigenvalue weighted by Gasteiger charge is -2.28. The number of aliphatic hydroxyl groups excluding tert-OH is 1. The van der Waals surface area contributed by atoms with Crippen LogP contribution in [-0.2, 0) is 6.42 Å². The van der Waals surface area contributed by atoms with Crippen LogP contribution >= 0.6 is 11.3 Å². The van der Waals surface area contributed by atoms with Gasteiger partial charge in [-0.3, -0.25) is 4.79 Å². The van der Waals surface area contributed by atoms with Crippen molar-refractivity contribution in [3.8, 4) is 0 Å². The first-order chi connectivity index (χ1) is 10.7. The first-order valence-electron chi connectivity index (χ1n) is 7.70. The Morgan fingerprint density at radius 3 is 2.82 bits per heavy atom. The van der Waals surface area contributed by atoms with E-state index in [0.29, 0.717) is 4.88 Å². The standard InChI is InChI=1S/C17H20N2O2S/c20-14-9-5-4-8-13(14)19-17(21)15-11-18-16(22-15)10-12-6-2-1-3-7-12/h1-3,6-7,11,13-14,20H,4-5,8-10H2,(H,19,21). The van der Waals surface area contributed by atoms with E-state index in [9.17, 15) is 9.90 Å². The number of carbonyl (C=O) groups is 1. The number of benzene rings is 1. The van der Waals surface area contributed by atoms with Crippen LogP contribution in [0.25, 0.3) is 0 Å². The van der Waals surface area contributed by atoms with Gasteiger partial charge in [-0.1, -0.05) is 43.2 Å². The number of amides is 1. The molecule has 3 rings (SSSR count). The van der Waals surface area contributed by atoms with Crippen molar-refractivity contribution in [2.75, 3.05) is 0 Å². The molecular formula is C17H20N2O2S. The minimum atomic E-state index is -0.422. The molecular weight excluding hydrogens is 296 g/mol. The third kappa shape index (κ3) is 3.72. The van der Waals surface area contributed by atoms with Gasteiger partial charge < -0.3 is 10.4 Å². The molecule has 22 heavy (non-hydrogen) atoms. The van der Waals surface area contributed by atoms with Gasteiger partial charge in [-0.2, -0.15) is 0 Å². The fraction of sp³-hybridized carbons (Fsp3) is 0.412. The van der Waals surface area contributed by atoms with Gasteiger partial charge in [0.15, 0.2) is 0 Å². The van der Waals surface area contributed by atoms with Crippen LogP contribution < -0.4 is 5.32 Å². The summed E-state index contributed by atoms with van der Waals surface area (Å²) in [5.41, 5.74) is 1.19. The van der Waals surface area contributed by atoms with Gasteiger partial charge in [0, 0.05) is 6.42 Å². The topological polar surface area (TPSA) is 62.2 Å². The summed E-state index contributed by atoms with van der Waals surface area (Å²) in [5.74, 6) is -0.122. The molecule has 1 aliphatic rings. The van der Waals surface area contributed by atoms with Crippen molar-refractivity contribution in [3.63, 3.8) is 0 Å². The van der Waals surface area contributed by atoms with Gasteiger partial charge >= 0.3 is 0 Å². The number of hydrogen-bond acceptors (Lipinski definition) is 4. The summed E-state index contributed by atoms with van der Waals surface area (Å²) in [6, 6.07) is 9.97. The van der Waals surface area contributed by atoms with E-state index in [1.54, 1.807) is 6.20 Å². The number of aliphatic hydroxyl groups is 1. The van der Waals surface area contributed by atoms with E-state index in [-0.39, 0.29) is 11.9 Å². The molecule has 4 nitrogen and oxygen atoms in total. The molecule has 116 valence electrons. The van der Waals surface area contributed by atoms with Gasteiger partial charge in [-0.15, -0.1) is 11.3 Å². The fourth-order valence-corrected chi connectivity index (χ4v) is 3.64. The number of hydrogen-bond donors (Lipinski definition) is 2. The Morgan fingerprint density at radius 2 is 2.05 bits per heavy atom. The molecule has 0 bridgehead atoms. The van der Waals surface area contributed by atoms with E-state index >= 15 is 0 Å². The Balaban J connectivity index is 1.61. The zero-order valence-electron chi connectivity index (χ0n) is 12.4. The van der Waals surface area contributed by atoms with Crippen LogP contribution in [0.4, 0.5) is 0 Å². The summed E-state index contributed by atoms with van der Waals surface area (Å²) in [7, 11) is 0. The molecule has 2 atom stereocenters. The van der Waals surface area contributed by atoms with Gasteiger partial charge in [0.2, 0.25) is 0 Å². The molecule has 1 aromatic carbocycles. The Labute approximate surface area is 134 Å². The van der Waals surface area contributed by atoms with Crippen molar-refractivity contribution in [3.05, 3.63) is 52.0 Å². The summed E-state index contributed by atoms with van der Waals surface area (Å²) < 4.78 is 0. The summed E-state index contributed by atoms with van der Waals surface area (Å²) in [6.07, 6.45) is 5.67. The quantitative estimate of drug-likeness (QED) is 0.912. The Bertz CT molecular complexity index is 627. The largest absolute Gasteiger partial charge is 0.391 e. The van der Waals surface area contributed by atoms with Crippen molar-refractivity contribution in [2.45, 2.75) is 44.2 Å².